The Labute approximate surface area is 88.4 Å². The SMILES string of the molecule is C/C=C(\C=C/C/C(C)=C(/C)N)CCC. The van der Waals surface area contributed by atoms with Crippen LogP contribution in [-0.2, 0) is 0 Å². The lowest BCUT2D eigenvalue weighted by atomic mass is 10.1. The molecule has 0 radical (unpaired) electrons. The van der Waals surface area contributed by atoms with Gasteiger partial charge < -0.3 is 5.73 Å². The second-order valence-corrected chi connectivity index (χ2v) is 3.68. The molecule has 0 aliphatic heterocycles. The molecule has 0 rings (SSSR count). The third kappa shape index (κ3) is 5.63. The smallest absolute Gasteiger partial charge is 0.00411 e. The van der Waals surface area contributed by atoms with Gasteiger partial charge in [-0.2, -0.15) is 0 Å². The molecule has 0 atom stereocenters. The molecule has 0 aromatic heterocycles. The van der Waals surface area contributed by atoms with Gasteiger partial charge in [-0.05, 0) is 33.6 Å². The van der Waals surface area contributed by atoms with Crippen molar-refractivity contribution in [2.75, 3.05) is 0 Å². The van der Waals surface area contributed by atoms with E-state index in [-0.39, 0.29) is 0 Å². The Morgan fingerprint density at radius 3 is 2.36 bits per heavy atom. The van der Waals surface area contributed by atoms with Gasteiger partial charge in [0.2, 0.25) is 0 Å². The summed E-state index contributed by atoms with van der Waals surface area (Å²) in [5.74, 6) is 0. The van der Waals surface area contributed by atoms with E-state index in [0.717, 1.165) is 18.5 Å². The minimum atomic E-state index is 0.937. The molecule has 14 heavy (non-hydrogen) atoms. The molecular formula is C13H23N. The quantitative estimate of drug-likeness (QED) is 0.658. The standard InChI is InChI=1S/C13H23N/c1-5-8-13(6-2)10-7-9-11(3)12(4)14/h6-7,10H,5,8-9,14H2,1-4H3/b10-7-,12-11-,13-6-. The lowest BCUT2D eigenvalue weighted by Gasteiger charge is -2.00. The Hall–Kier alpha value is -0.980. The van der Waals surface area contributed by atoms with Crippen LogP contribution < -0.4 is 5.73 Å². The highest BCUT2D eigenvalue weighted by Gasteiger charge is 1.90. The lowest BCUT2D eigenvalue weighted by Crippen LogP contribution is -1.94. The summed E-state index contributed by atoms with van der Waals surface area (Å²) in [5, 5.41) is 0. The van der Waals surface area contributed by atoms with Gasteiger partial charge in [0.1, 0.15) is 0 Å². The van der Waals surface area contributed by atoms with Crippen LogP contribution in [0.15, 0.2) is 35.1 Å². The van der Waals surface area contributed by atoms with Crippen molar-refractivity contribution in [2.24, 2.45) is 5.73 Å². The highest BCUT2D eigenvalue weighted by atomic mass is 14.6. The van der Waals surface area contributed by atoms with E-state index >= 15 is 0 Å². The average molecular weight is 193 g/mol. The van der Waals surface area contributed by atoms with Crippen LogP contribution in [0, 0.1) is 0 Å². The number of hydrogen-bond donors (Lipinski definition) is 1. The Morgan fingerprint density at radius 1 is 1.29 bits per heavy atom. The molecule has 0 fully saturated rings. The molecule has 0 aliphatic carbocycles. The molecule has 0 aromatic rings. The van der Waals surface area contributed by atoms with E-state index in [1.807, 2.05) is 6.92 Å². The van der Waals surface area contributed by atoms with E-state index in [2.05, 4.69) is 39.0 Å². The van der Waals surface area contributed by atoms with Crippen molar-refractivity contribution in [3.05, 3.63) is 35.1 Å². The van der Waals surface area contributed by atoms with Crippen LogP contribution in [0.25, 0.3) is 0 Å². The topological polar surface area (TPSA) is 26.0 Å². The van der Waals surface area contributed by atoms with Crippen LogP contribution in [0.3, 0.4) is 0 Å². The lowest BCUT2D eigenvalue weighted by molar-refractivity contribution is 0.922. The van der Waals surface area contributed by atoms with Crippen molar-refractivity contribution in [1.29, 1.82) is 0 Å². The third-order valence-corrected chi connectivity index (χ3v) is 2.34. The van der Waals surface area contributed by atoms with E-state index in [1.165, 1.54) is 17.6 Å². The monoisotopic (exact) mass is 193 g/mol. The van der Waals surface area contributed by atoms with Gasteiger partial charge in [-0.1, -0.05) is 42.7 Å². The summed E-state index contributed by atoms with van der Waals surface area (Å²) in [6.45, 7) is 8.32. The van der Waals surface area contributed by atoms with Gasteiger partial charge in [0, 0.05) is 5.70 Å². The fraction of sp³-hybridized carbons (Fsp3) is 0.538. The summed E-state index contributed by atoms with van der Waals surface area (Å²) in [7, 11) is 0. The highest BCUT2D eigenvalue weighted by Crippen LogP contribution is 2.09. The molecule has 0 saturated heterocycles. The molecule has 0 aliphatic rings. The predicted octanol–water partition coefficient (Wildman–Crippen LogP) is 3.93. The van der Waals surface area contributed by atoms with Crippen LogP contribution in [-0.4, -0.2) is 0 Å². The molecular weight excluding hydrogens is 170 g/mol. The number of allylic oxidation sites excluding steroid dienone is 6. The highest BCUT2D eigenvalue weighted by molar-refractivity contribution is 5.20. The predicted molar refractivity (Wildman–Crippen MR) is 65.0 cm³/mol. The van der Waals surface area contributed by atoms with Crippen LogP contribution in [0.4, 0.5) is 0 Å². The maximum absolute atomic E-state index is 5.68. The van der Waals surface area contributed by atoms with Gasteiger partial charge >= 0.3 is 0 Å². The Kier molecular flexibility index (Phi) is 6.91. The van der Waals surface area contributed by atoms with Gasteiger partial charge in [-0.15, -0.1) is 0 Å². The average Bonchev–Trinajstić information content (AvgIpc) is 2.16. The third-order valence-electron chi connectivity index (χ3n) is 2.34. The Balaban J connectivity index is 4.12. The van der Waals surface area contributed by atoms with Gasteiger partial charge in [0.15, 0.2) is 0 Å². The Bertz CT molecular complexity index is 240. The first kappa shape index (κ1) is 13.0. The van der Waals surface area contributed by atoms with Gasteiger partial charge in [-0.25, -0.2) is 0 Å². The van der Waals surface area contributed by atoms with E-state index in [4.69, 9.17) is 5.73 Å². The first-order valence-electron chi connectivity index (χ1n) is 5.35. The van der Waals surface area contributed by atoms with Crippen molar-refractivity contribution in [1.82, 2.24) is 0 Å². The molecule has 1 nitrogen and oxygen atoms in total. The fourth-order valence-corrected chi connectivity index (χ4v) is 1.16. The van der Waals surface area contributed by atoms with Crippen molar-refractivity contribution in [2.45, 2.75) is 47.0 Å². The zero-order valence-corrected chi connectivity index (χ0v) is 9.93. The maximum Gasteiger partial charge on any atom is 0.00411 e. The molecule has 0 saturated carbocycles. The van der Waals surface area contributed by atoms with Crippen LogP contribution in [0.1, 0.15) is 47.0 Å². The normalized spacial score (nSPS) is 14.7. The maximum atomic E-state index is 5.68. The summed E-state index contributed by atoms with van der Waals surface area (Å²) < 4.78 is 0. The minimum Gasteiger partial charge on any atom is -0.402 e. The van der Waals surface area contributed by atoms with E-state index in [1.54, 1.807) is 0 Å². The minimum absolute atomic E-state index is 0.937. The zero-order chi connectivity index (χ0) is 11.0. The number of hydrogen-bond acceptors (Lipinski definition) is 1. The first-order chi connectivity index (χ1) is 6.61. The summed E-state index contributed by atoms with van der Waals surface area (Å²) in [6.07, 6.45) is 9.90. The fourth-order valence-electron chi connectivity index (χ4n) is 1.16. The number of rotatable bonds is 5. The number of nitrogens with two attached hydrogens (primary N) is 1. The summed E-state index contributed by atoms with van der Waals surface area (Å²) in [6, 6.07) is 0. The summed E-state index contributed by atoms with van der Waals surface area (Å²) in [5.41, 5.74) is 9.28. The van der Waals surface area contributed by atoms with Crippen molar-refractivity contribution < 1.29 is 0 Å². The molecule has 0 spiro atoms. The van der Waals surface area contributed by atoms with Crippen molar-refractivity contribution >= 4 is 0 Å². The Morgan fingerprint density at radius 2 is 1.93 bits per heavy atom. The summed E-state index contributed by atoms with van der Waals surface area (Å²) >= 11 is 0. The largest absolute Gasteiger partial charge is 0.402 e. The molecule has 0 aromatic carbocycles. The molecule has 2 N–H and O–H groups in total. The molecule has 0 heterocycles. The molecule has 80 valence electrons. The van der Waals surface area contributed by atoms with Crippen molar-refractivity contribution in [3.63, 3.8) is 0 Å². The molecule has 0 unspecified atom stereocenters. The molecule has 0 bridgehead atoms. The van der Waals surface area contributed by atoms with Crippen LogP contribution in [0.2, 0.25) is 0 Å². The van der Waals surface area contributed by atoms with Crippen LogP contribution in [0.5, 0.6) is 0 Å². The zero-order valence-electron chi connectivity index (χ0n) is 9.93. The second-order valence-electron chi connectivity index (χ2n) is 3.68. The first-order valence-corrected chi connectivity index (χ1v) is 5.35. The van der Waals surface area contributed by atoms with Gasteiger partial charge in [0.25, 0.3) is 0 Å². The molecule has 0 amide bonds. The van der Waals surface area contributed by atoms with Crippen LogP contribution >= 0.6 is 0 Å². The van der Waals surface area contributed by atoms with Gasteiger partial charge in [0.05, 0.1) is 0 Å². The van der Waals surface area contributed by atoms with E-state index < -0.39 is 0 Å². The van der Waals surface area contributed by atoms with Crippen molar-refractivity contribution in [3.8, 4) is 0 Å². The van der Waals surface area contributed by atoms with E-state index in [9.17, 15) is 0 Å². The second kappa shape index (κ2) is 7.43. The van der Waals surface area contributed by atoms with E-state index in [0.29, 0.717) is 0 Å². The van der Waals surface area contributed by atoms with Gasteiger partial charge in [-0.3, -0.25) is 0 Å². The summed E-state index contributed by atoms with van der Waals surface area (Å²) in [4.78, 5) is 0. The molecule has 1 heteroatoms.